The molecule has 7 heteroatoms. The highest BCUT2D eigenvalue weighted by Gasteiger charge is 2.14. The molecule has 0 bridgehead atoms. The maximum Gasteiger partial charge on any atom is 0.253 e. The third-order valence-corrected chi connectivity index (χ3v) is 3.47. The maximum atomic E-state index is 12.1. The van der Waals surface area contributed by atoms with Gasteiger partial charge in [-0.1, -0.05) is 11.6 Å². The number of nitrogens with one attached hydrogen (secondary N) is 1. The van der Waals surface area contributed by atoms with Crippen molar-refractivity contribution in [2.45, 2.75) is 13.8 Å². The minimum absolute atomic E-state index is 0.127. The number of benzene rings is 1. The lowest BCUT2D eigenvalue weighted by molar-refractivity contribution is 0.0773. The summed E-state index contributed by atoms with van der Waals surface area (Å²) >= 11 is 5.97. The van der Waals surface area contributed by atoms with Crippen molar-refractivity contribution in [2.24, 2.45) is 0 Å². The third-order valence-electron chi connectivity index (χ3n) is 2.56. The molecule has 0 fully saturated rings. The quantitative estimate of drug-likeness (QED) is 0.907. The van der Waals surface area contributed by atoms with Crippen molar-refractivity contribution in [3.8, 4) is 0 Å². The van der Waals surface area contributed by atoms with Gasteiger partial charge in [0.2, 0.25) is 10.0 Å². The molecule has 0 saturated carbocycles. The number of halogens is 1. The van der Waals surface area contributed by atoms with Crippen LogP contribution in [0.25, 0.3) is 0 Å². The first-order chi connectivity index (χ1) is 8.78. The lowest BCUT2D eigenvalue weighted by Gasteiger charge is -2.19. The predicted molar refractivity (Wildman–Crippen MR) is 77.2 cm³/mol. The van der Waals surface area contributed by atoms with E-state index in [4.69, 9.17) is 11.6 Å². The molecule has 0 atom stereocenters. The summed E-state index contributed by atoms with van der Waals surface area (Å²) in [4.78, 5) is 13.7. The Kier molecular flexibility index (Phi) is 5.20. The van der Waals surface area contributed by atoms with Crippen LogP contribution >= 0.6 is 11.6 Å². The van der Waals surface area contributed by atoms with Gasteiger partial charge in [0.15, 0.2) is 0 Å². The minimum Gasteiger partial charge on any atom is -0.339 e. The molecule has 0 heterocycles. The second-order valence-electron chi connectivity index (χ2n) is 4.05. The zero-order chi connectivity index (χ0) is 14.6. The lowest BCUT2D eigenvalue weighted by Crippen LogP contribution is -2.30. The van der Waals surface area contributed by atoms with E-state index in [0.29, 0.717) is 18.7 Å². The van der Waals surface area contributed by atoms with Crippen LogP contribution in [0.2, 0.25) is 5.02 Å². The van der Waals surface area contributed by atoms with Gasteiger partial charge in [0.25, 0.3) is 5.91 Å². The molecule has 0 unspecified atom stereocenters. The predicted octanol–water partition coefficient (Wildman–Crippen LogP) is 2.19. The third kappa shape index (κ3) is 4.40. The zero-order valence-corrected chi connectivity index (χ0v) is 12.7. The fraction of sp³-hybridized carbons (Fsp3) is 0.417. The maximum absolute atomic E-state index is 12.1. The molecular formula is C12H17ClN2O3S. The van der Waals surface area contributed by atoms with Crippen molar-refractivity contribution in [2.75, 3.05) is 24.1 Å². The first-order valence-electron chi connectivity index (χ1n) is 5.85. The zero-order valence-electron chi connectivity index (χ0n) is 11.1. The van der Waals surface area contributed by atoms with Crippen LogP contribution < -0.4 is 4.72 Å². The van der Waals surface area contributed by atoms with Crippen molar-refractivity contribution < 1.29 is 13.2 Å². The van der Waals surface area contributed by atoms with Crippen LogP contribution in [0, 0.1) is 0 Å². The second kappa shape index (κ2) is 6.25. The smallest absolute Gasteiger partial charge is 0.253 e. The molecule has 106 valence electrons. The summed E-state index contributed by atoms with van der Waals surface area (Å²) in [6.45, 7) is 5.00. The summed E-state index contributed by atoms with van der Waals surface area (Å²) in [5.41, 5.74) is 0.702. The standard InChI is InChI=1S/C12H17ClN2O3S/c1-4-15(5-2)12(16)9-6-7-11(10(13)8-9)14-19(3,17)18/h6-8,14H,4-5H2,1-3H3. The molecule has 1 amide bonds. The van der Waals surface area contributed by atoms with E-state index in [1.54, 1.807) is 11.0 Å². The van der Waals surface area contributed by atoms with Crippen LogP contribution in [-0.2, 0) is 10.0 Å². The van der Waals surface area contributed by atoms with Crippen LogP contribution in [-0.4, -0.2) is 38.6 Å². The van der Waals surface area contributed by atoms with Crippen LogP contribution in [0.15, 0.2) is 18.2 Å². The van der Waals surface area contributed by atoms with Gasteiger partial charge in [-0.05, 0) is 32.0 Å². The van der Waals surface area contributed by atoms with E-state index in [-0.39, 0.29) is 16.6 Å². The van der Waals surface area contributed by atoms with Crippen molar-refractivity contribution in [3.05, 3.63) is 28.8 Å². The Morgan fingerprint density at radius 3 is 2.32 bits per heavy atom. The van der Waals surface area contributed by atoms with Crippen molar-refractivity contribution in [1.29, 1.82) is 0 Å². The number of carbonyl (C=O) groups is 1. The SMILES string of the molecule is CCN(CC)C(=O)c1ccc(NS(C)(=O)=O)c(Cl)c1. The Labute approximate surface area is 118 Å². The van der Waals surface area contributed by atoms with E-state index in [9.17, 15) is 13.2 Å². The molecule has 1 N–H and O–H groups in total. The monoisotopic (exact) mass is 304 g/mol. The summed E-state index contributed by atoms with van der Waals surface area (Å²) in [7, 11) is -3.39. The fourth-order valence-electron chi connectivity index (χ4n) is 1.62. The van der Waals surface area contributed by atoms with Crippen LogP contribution in [0.5, 0.6) is 0 Å². The highest BCUT2D eigenvalue weighted by Crippen LogP contribution is 2.24. The summed E-state index contributed by atoms with van der Waals surface area (Å²) in [6.07, 6.45) is 1.04. The van der Waals surface area contributed by atoms with Crippen molar-refractivity contribution >= 4 is 33.2 Å². The van der Waals surface area contributed by atoms with Gasteiger partial charge in [0.1, 0.15) is 0 Å². The number of hydrogen-bond donors (Lipinski definition) is 1. The van der Waals surface area contributed by atoms with Gasteiger partial charge in [0, 0.05) is 18.7 Å². The number of sulfonamides is 1. The van der Waals surface area contributed by atoms with Crippen LogP contribution in [0.1, 0.15) is 24.2 Å². The fourth-order valence-corrected chi connectivity index (χ4v) is 2.49. The average molecular weight is 305 g/mol. The van der Waals surface area contributed by atoms with Crippen LogP contribution in [0.4, 0.5) is 5.69 Å². The van der Waals surface area contributed by atoms with Crippen LogP contribution in [0.3, 0.4) is 0 Å². The molecular weight excluding hydrogens is 288 g/mol. The molecule has 0 radical (unpaired) electrons. The second-order valence-corrected chi connectivity index (χ2v) is 6.20. The molecule has 1 aromatic carbocycles. The first kappa shape index (κ1) is 15.8. The van der Waals surface area contributed by atoms with E-state index >= 15 is 0 Å². The summed E-state index contributed by atoms with van der Waals surface area (Å²) in [5.74, 6) is -0.127. The highest BCUT2D eigenvalue weighted by molar-refractivity contribution is 7.92. The van der Waals surface area contributed by atoms with E-state index in [0.717, 1.165) is 6.26 Å². The van der Waals surface area contributed by atoms with Gasteiger partial charge < -0.3 is 4.90 Å². The Hall–Kier alpha value is -1.27. The molecule has 0 aliphatic heterocycles. The lowest BCUT2D eigenvalue weighted by atomic mass is 10.2. The number of amides is 1. The number of rotatable bonds is 5. The summed E-state index contributed by atoms with van der Waals surface area (Å²) < 4.78 is 24.5. The molecule has 5 nitrogen and oxygen atoms in total. The largest absolute Gasteiger partial charge is 0.339 e. The highest BCUT2D eigenvalue weighted by atomic mass is 35.5. The molecule has 19 heavy (non-hydrogen) atoms. The van der Waals surface area contributed by atoms with Gasteiger partial charge in [-0.2, -0.15) is 0 Å². The molecule has 1 aromatic rings. The Morgan fingerprint density at radius 1 is 1.32 bits per heavy atom. The van der Waals surface area contributed by atoms with Crippen molar-refractivity contribution in [1.82, 2.24) is 4.90 Å². The van der Waals surface area contributed by atoms with Gasteiger partial charge in [-0.15, -0.1) is 0 Å². The molecule has 0 aromatic heterocycles. The average Bonchev–Trinajstić information content (AvgIpc) is 2.31. The van der Waals surface area contributed by atoms with E-state index < -0.39 is 10.0 Å². The van der Waals surface area contributed by atoms with Gasteiger partial charge in [-0.3, -0.25) is 9.52 Å². The van der Waals surface area contributed by atoms with E-state index in [1.165, 1.54) is 12.1 Å². The Bertz CT molecular complexity index is 568. The topological polar surface area (TPSA) is 66.5 Å². The van der Waals surface area contributed by atoms with E-state index in [2.05, 4.69) is 4.72 Å². The van der Waals surface area contributed by atoms with E-state index in [1.807, 2.05) is 13.8 Å². The molecule has 1 rings (SSSR count). The molecule has 0 saturated heterocycles. The number of carbonyl (C=O) groups excluding carboxylic acids is 1. The number of anilines is 1. The van der Waals surface area contributed by atoms with Gasteiger partial charge in [-0.25, -0.2) is 8.42 Å². The first-order valence-corrected chi connectivity index (χ1v) is 8.12. The molecule has 0 aliphatic rings. The summed E-state index contributed by atoms with van der Waals surface area (Å²) in [6, 6.07) is 4.51. The number of nitrogens with zero attached hydrogens (tertiary/aromatic N) is 1. The summed E-state index contributed by atoms with van der Waals surface area (Å²) in [5, 5.41) is 0.198. The molecule has 0 aliphatic carbocycles. The Morgan fingerprint density at radius 2 is 1.89 bits per heavy atom. The molecule has 0 spiro atoms. The Balaban J connectivity index is 3.03. The van der Waals surface area contributed by atoms with Crippen molar-refractivity contribution in [3.63, 3.8) is 0 Å². The van der Waals surface area contributed by atoms with Gasteiger partial charge in [0.05, 0.1) is 17.0 Å². The minimum atomic E-state index is -3.39. The normalized spacial score (nSPS) is 11.2. The number of hydrogen-bond acceptors (Lipinski definition) is 3. The van der Waals surface area contributed by atoms with Gasteiger partial charge >= 0.3 is 0 Å².